The molecule has 0 unspecified atom stereocenters. The predicted octanol–water partition coefficient (Wildman–Crippen LogP) is 4.95. The third-order valence-corrected chi connectivity index (χ3v) is 5.61. The van der Waals surface area contributed by atoms with E-state index in [0.29, 0.717) is 0 Å². The molecule has 0 aromatic heterocycles. The molecular formula is C10H18S3. The van der Waals surface area contributed by atoms with Gasteiger partial charge in [-0.05, 0) is 36.5 Å². The highest BCUT2D eigenvalue weighted by atomic mass is 33.5. The third-order valence-electron chi connectivity index (χ3n) is 1.30. The van der Waals surface area contributed by atoms with Gasteiger partial charge in [-0.3, -0.25) is 0 Å². The lowest BCUT2D eigenvalue weighted by Crippen LogP contribution is -1.71. The van der Waals surface area contributed by atoms with E-state index in [1.165, 1.54) is 24.3 Å². The second-order valence-corrected chi connectivity index (χ2v) is 6.90. The van der Waals surface area contributed by atoms with Gasteiger partial charge in [-0.15, -0.1) is 0 Å². The van der Waals surface area contributed by atoms with Gasteiger partial charge >= 0.3 is 0 Å². The molecule has 0 bridgehead atoms. The molecule has 0 rings (SSSR count). The molecule has 0 fully saturated rings. The van der Waals surface area contributed by atoms with Gasteiger partial charge in [0.05, 0.1) is 0 Å². The fraction of sp³-hybridized carbons (Fsp3) is 0.600. The molecule has 0 radical (unpaired) electrons. The average molecular weight is 234 g/mol. The van der Waals surface area contributed by atoms with Crippen LogP contribution in [0.3, 0.4) is 0 Å². The van der Waals surface area contributed by atoms with Crippen molar-refractivity contribution in [3.63, 3.8) is 0 Å². The molecule has 13 heavy (non-hydrogen) atoms. The van der Waals surface area contributed by atoms with Crippen molar-refractivity contribution in [1.29, 1.82) is 0 Å². The fourth-order valence-corrected chi connectivity index (χ4v) is 4.36. The minimum atomic E-state index is 1.20. The highest BCUT2D eigenvalue weighted by Gasteiger charge is 1.89. The summed E-state index contributed by atoms with van der Waals surface area (Å²) in [6.07, 6.45) is 11.1. The van der Waals surface area contributed by atoms with E-state index < -0.39 is 0 Å². The van der Waals surface area contributed by atoms with Gasteiger partial charge in [-0.25, -0.2) is 0 Å². The Bertz CT molecular complexity index is 125. The molecule has 0 aromatic rings. The normalized spacial score (nSPS) is 11.8. The molecule has 3 heteroatoms. The zero-order valence-electron chi connectivity index (χ0n) is 8.36. The van der Waals surface area contributed by atoms with Crippen molar-refractivity contribution in [1.82, 2.24) is 0 Å². The SMILES string of the molecule is CC=CCCSSSCCC=CC. The first-order valence-electron chi connectivity index (χ1n) is 4.55. The van der Waals surface area contributed by atoms with E-state index in [2.05, 4.69) is 38.2 Å². The van der Waals surface area contributed by atoms with Crippen LogP contribution in [0.15, 0.2) is 24.3 Å². The molecule has 0 saturated carbocycles. The van der Waals surface area contributed by atoms with E-state index in [-0.39, 0.29) is 0 Å². The maximum absolute atomic E-state index is 2.22. The zero-order chi connectivity index (χ0) is 9.78. The quantitative estimate of drug-likeness (QED) is 0.331. The summed E-state index contributed by atoms with van der Waals surface area (Å²) in [6.45, 7) is 4.15. The second-order valence-electron chi connectivity index (χ2n) is 2.43. The Morgan fingerprint density at radius 2 is 1.31 bits per heavy atom. The molecule has 0 N–H and O–H groups in total. The molecule has 0 aliphatic heterocycles. The minimum absolute atomic E-state index is 1.20. The summed E-state index contributed by atoms with van der Waals surface area (Å²) < 4.78 is 0. The first-order valence-corrected chi connectivity index (χ1v) is 8.37. The van der Waals surface area contributed by atoms with E-state index in [1.54, 1.807) is 0 Å². The number of hydrogen-bond donors (Lipinski definition) is 0. The van der Waals surface area contributed by atoms with Crippen molar-refractivity contribution in [3.8, 4) is 0 Å². The van der Waals surface area contributed by atoms with Gasteiger partial charge in [-0.1, -0.05) is 45.9 Å². The smallest absolute Gasteiger partial charge is 0.00797 e. The van der Waals surface area contributed by atoms with Crippen LogP contribution in [-0.4, -0.2) is 11.5 Å². The van der Waals surface area contributed by atoms with Gasteiger partial charge < -0.3 is 0 Å². The van der Waals surface area contributed by atoms with Crippen molar-refractivity contribution in [2.45, 2.75) is 26.7 Å². The third kappa shape index (κ3) is 12.5. The Balaban J connectivity index is 2.91. The van der Waals surface area contributed by atoms with Gasteiger partial charge in [0.1, 0.15) is 0 Å². The van der Waals surface area contributed by atoms with Crippen LogP contribution in [0.4, 0.5) is 0 Å². The van der Waals surface area contributed by atoms with E-state index in [4.69, 9.17) is 0 Å². The Kier molecular flexibility index (Phi) is 13.0. The van der Waals surface area contributed by atoms with E-state index in [0.717, 1.165) is 0 Å². The first kappa shape index (κ1) is 13.5. The van der Waals surface area contributed by atoms with E-state index >= 15 is 0 Å². The van der Waals surface area contributed by atoms with Gasteiger partial charge in [0.25, 0.3) is 0 Å². The lowest BCUT2D eigenvalue weighted by Gasteiger charge is -1.96. The molecule has 0 nitrogen and oxygen atoms in total. The fourth-order valence-electron chi connectivity index (χ4n) is 0.668. The minimum Gasteiger partial charge on any atom is -0.0916 e. The highest BCUT2D eigenvalue weighted by molar-refractivity contribution is 9.09. The number of hydrogen-bond acceptors (Lipinski definition) is 3. The molecule has 0 amide bonds. The molecule has 76 valence electrons. The maximum atomic E-state index is 2.22. The number of rotatable bonds is 8. The van der Waals surface area contributed by atoms with Gasteiger partial charge in [0.15, 0.2) is 0 Å². The van der Waals surface area contributed by atoms with Crippen LogP contribution in [0.2, 0.25) is 0 Å². The summed E-state index contributed by atoms with van der Waals surface area (Å²) >= 11 is 0. The molecule has 0 atom stereocenters. The largest absolute Gasteiger partial charge is 0.0916 e. The Hall–Kier alpha value is 0.530. The van der Waals surface area contributed by atoms with Gasteiger partial charge in [-0.2, -0.15) is 0 Å². The topological polar surface area (TPSA) is 0 Å². The Morgan fingerprint density at radius 3 is 1.69 bits per heavy atom. The lowest BCUT2D eigenvalue weighted by molar-refractivity contribution is 1.24. The summed E-state index contributed by atoms with van der Waals surface area (Å²) in [5.74, 6) is 2.46. The molecular weight excluding hydrogens is 216 g/mol. The summed E-state index contributed by atoms with van der Waals surface area (Å²) in [5, 5.41) is 0. The summed E-state index contributed by atoms with van der Waals surface area (Å²) in [6, 6.07) is 0. The zero-order valence-corrected chi connectivity index (χ0v) is 10.8. The van der Waals surface area contributed by atoms with Crippen LogP contribution in [0.5, 0.6) is 0 Å². The molecule has 0 heterocycles. The molecule has 0 spiro atoms. The summed E-state index contributed by atoms with van der Waals surface area (Å²) in [4.78, 5) is 0. The standard InChI is InChI=1S/C10H18S3/c1-3-5-7-9-11-13-12-10-8-6-4-2/h3-6H,7-10H2,1-2H3. The maximum Gasteiger partial charge on any atom is 0.00797 e. The van der Waals surface area contributed by atoms with Crippen LogP contribution in [-0.2, 0) is 0 Å². The first-order chi connectivity index (χ1) is 6.41. The van der Waals surface area contributed by atoms with Crippen molar-refractivity contribution in [3.05, 3.63) is 24.3 Å². The monoisotopic (exact) mass is 234 g/mol. The number of allylic oxidation sites excluding steroid dienone is 4. The Labute approximate surface area is 93.8 Å². The van der Waals surface area contributed by atoms with Crippen LogP contribution >= 0.6 is 31.4 Å². The lowest BCUT2D eigenvalue weighted by atomic mass is 10.4. The molecule has 0 saturated heterocycles. The summed E-state index contributed by atoms with van der Waals surface area (Å²) in [5.41, 5.74) is 0. The van der Waals surface area contributed by atoms with E-state index in [9.17, 15) is 0 Å². The van der Waals surface area contributed by atoms with Crippen LogP contribution in [0, 0.1) is 0 Å². The molecule has 0 aromatic carbocycles. The van der Waals surface area contributed by atoms with E-state index in [1.807, 2.05) is 31.4 Å². The second kappa shape index (κ2) is 12.5. The van der Waals surface area contributed by atoms with Crippen LogP contribution < -0.4 is 0 Å². The van der Waals surface area contributed by atoms with Crippen LogP contribution in [0.25, 0.3) is 0 Å². The predicted molar refractivity (Wildman–Crippen MR) is 71.4 cm³/mol. The van der Waals surface area contributed by atoms with Crippen LogP contribution in [0.1, 0.15) is 26.7 Å². The van der Waals surface area contributed by atoms with Gasteiger partial charge in [0.2, 0.25) is 0 Å². The Morgan fingerprint density at radius 1 is 0.846 bits per heavy atom. The van der Waals surface area contributed by atoms with Crippen molar-refractivity contribution >= 4 is 31.4 Å². The highest BCUT2D eigenvalue weighted by Crippen LogP contribution is 2.35. The molecule has 0 aliphatic carbocycles. The molecule has 0 aliphatic rings. The van der Waals surface area contributed by atoms with Gasteiger partial charge in [0, 0.05) is 11.5 Å². The average Bonchev–Trinajstić information content (AvgIpc) is 2.16. The van der Waals surface area contributed by atoms with Crippen molar-refractivity contribution in [2.75, 3.05) is 11.5 Å². The van der Waals surface area contributed by atoms with Crippen molar-refractivity contribution in [2.24, 2.45) is 0 Å². The van der Waals surface area contributed by atoms with Crippen molar-refractivity contribution < 1.29 is 0 Å². The summed E-state index contributed by atoms with van der Waals surface area (Å²) in [7, 11) is 5.83.